The minimum Gasteiger partial charge on any atom is -0.352 e. The molecule has 0 spiro atoms. The van der Waals surface area contributed by atoms with Gasteiger partial charge in [0.1, 0.15) is 5.82 Å². The SMILES string of the molecule is CN=C(NCc1ccc(F)cc1)NC1CCN(CC(F)(F)F)C1.I. The van der Waals surface area contributed by atoms with E-state index >= 15 is 0 Å². The first-order valence-corrected chi connectivity index (χ1v) is 7.36. The average molecular weight is 460 g/mol. The second-order valence-electron chi connectivity index (χ2n) is 5.53. The first-order chi connectivity index (χ1) is 10.9. The van der Waals surface area contributed by atoms with Gasteiger partial charge in [0.25, 0.3) is 0 Å². The van der Waals surface area contributed by atoms with E-state index in [4.69, 9.17) is 0 Å². The third-order valence-electron chi connectivity index (χ3n) is 3.61. The van der Waals surface area contributed by atoms with Gasteiger partial charge in [0.2, 0.25) is 0 Å². The van der Waals surface area contributed by atoms with Crippen LogP contribution in [0.3, 0.4) is 0 Å². The van der Waals surface area contributed by atoms with Crippen LogP contribution in [0.15, 0.2) is 29.3 Å². The van der Waals surface area contributed by atoms with Crippen molar-refractivity contribution in [2.75, 3.05) is 26.7 Å². The van der Waals surface area contributed by atoms with E-state index in [-0.39, 0.29) is 35.8 Å². The second-order valence-corrected chi connectivity index (χ2v) is 5.53. The van der Waals surface area contributed by atoms with Crippen molar-refractivity contribution in [1.29, 1.82) is 0 Å². The molecule has 1 fully saturated rings. The van der Waals surface area contributed by atoms with Crippen molar-refractivity contribution in [3.8, 4) is 0 Å². The maximum Gasteiger partial charge on any atom is 0.401 e. The van der Waals surface area contributed by atoms with Crippen LogP contribution in [-0.4, -0.2) is 49.8 Å². The fourth-order valence-corrected chi connectivity index (χ4v) is 2.52. The number of nitrogens with zero attached hydrogens (tertiary/aromatic N) is 2. The van der Waals surface area contributed by atoms with Gasteiger partial charge in [-0.25, -0.2) is 4.39 Å². The van der Waals surface area contributed by atoms with Crippen molar-refractivity contribution in [2.45, 2.75) is 25.2 Å². The van der Waals surface area contributed by atoms with E-state index < -0.39 is 12.7 Å². The first-order valence-electron chi connectivity index (χ1n) is 7.36. The number of nitrogens with one attached hydrogen (secondary N) is 2. The molecule has 1 aromatic rings. The number of benzene rings is 1. The Hall–Kier alpha value is -1.10. The summed E-state index contributed by atoms with van der Waals surface area (Å²) in [7, 11) is 1.60. The van der Waals surface area contributed by atoms with E-state index in [2.05, 4.69) is 15.6 Å². The molecule has 0 aromatic heterocycles. The van der Waals surface area contributed by atoms with Gasteiger partial charge in [0.15, 0.2) is 5.96 Å². The molecule has 0 saturated carbocycles. The maximum absolute atomic E-state index is 12.8. The highest BCUT2D eigenvalue weighted by Crippen LogP contribution is 2.19. The molecule has 9 heteroatoms. The summed E-state index contributed by atoms with van der Waals surface area (Å²) in [6.45, 7) is 0.314. The van der Waals surface area contributed by atoms with Crippen molar-refractivity contribution < 1.29 is 17.6 Å². The molecule has 1 heterocycles. The van der Waals surface area contributed by atoms with Gasteiger partial charge in [-0.05, 0) is 24.1 Å². The molecule has 0 aliphatic carbocycles. The molecule has 0 radical (unpaired) electrons. The van der Waals surface area contributed by atoms with Crippen LogP contribution in [0.2, 0.25) is 0 Å². The Morgan fingerprint density at radius 2 is 1.96 bits per heavy atom. The van der Waals surface area contributed by atoms with E-state index in [1.807, 2.05) is 0 Å². The van der Waals surface area contributed by atoms with E-state index in [0.29, 0.717) is 32.0 Å². The number of likely N-dealkylation sites (tertiary alicyclic amines) is 1. The lowest BCUT2D eigenvalue weighted by Gasteiger charge is -2.19. The van der Waals surface area contributed by atoms with E-state index in [1.54, 1.807) is 19.2 Å². The van der Waals surface area contributed by atoms with Gasteiger partial charge < -0.3 is 10.6 Å². The van der Waals surface area contributed by atoms with Crippen LogP contribution in [0.25, 0.3) is 0 Å². The summed E-state index contributed by atoms with van der Waals surface area (Å²) in [5.74, 6) is 0.222. The Bertz CT molecular complexity index is 533. The van der Waals surface area contributed by atoms with Gasteiger partial charge in [-0.3, -0.25) is 9.89 Å². The Morgan fingerprint density at radius 1 is 1.29 bits per heavy atom. The summed E-state index contributed by atoms with van der Waals surface area (Å²) >= 11 is 0. The van der Waals surface area contributed by atoms with Crippen LogP contribution in [-0.2, 0) is 6.54 Å². The number of rotatable bonds is 4. The van der Waals surface area contributed by atoms with Crippen molar-refractivity contribution in [2.24, 2.45) is 4.99 Å². The zero-order valence-electron chi connectivity index (χ0n) is 13.2. The fourth-order valence-electron chi connectivity index (χ4n) is 2.52. The van der Waals surface area contributed by atoms with Gasteiger partial charge in [-0.1, -0.05) is 12.1 Å². The smallest absolute Gasteiger partial charge is 0.352 e. The third-order valence-corrected chi connectivity index (χ3v) is 3.61. The molecule has 0 amide bonds. The Morgan fingerprint density at radius 3 is 2.54 bits per heavy atom. The quantitative estimate of drug-likeness (QED) is 0.314. The summed E-state index contributed by atoms with van der Waals surface area (Å²) in [5, 5.41) is 6.19. The van der Waals surface area contributed by atoms with Crippen LogP contribution < -0.4 is 10.6 Å². The molecular weight excluding hydrogens is 439 g/mol. The third kappa shape index (κ3) is 7.20. The topological polar surface area (TPSA) is 39.7 Å². The van der Waals surface area contributed by atoms with Crippen molar-refractivity contribution >= 4 is 29.9 Å². The van der Waals surface area contributed by atoms with Gasteiger partial charge in [-0.2, -0.15) is 13.2 Å². The number of aliphatic imine (C=N–C) groups is 1. The normalized spacial score (nSPS) is 19.0. The second kappa shape index (κ2) is 9.40. The number of alkyl halides is 3. The number of halogens is 5. The minimum absolute atomic E-state index is 0. The Kier molecular flexibility index (Phi) is 8.20. The zero-order chi connectivity index (χ0) is 16.9. The predicted octanol–water partition coefficient (Wildman–Crippen LogP) is 2.75. The first kappa shape index (κ1) is 20.9. The Balaban J connectivity index is 0.00000288. The molecule has 136 valence electrons. The molecule has 1 saturated heterocycles. The largest absolute Gasteiger partial charge is 0.401 e. The molecule has 0 bridgehead atoms. The van der Waals surface area contributed by atoms with Crippen LogP contribution in [0, 0.1) is 5.82 Å². The van der Waals surface area contributed by atoms with Gasteiger partial charge >= 0.3 is 6.18 Å². The highest BCUT2D eigenvalue weighted by molar-refractivity contribution is 14.0. The summed E-state index contributed by atoms with van der Waals surface area (Å²) in [6, 6.07) is 6.00. The lowest BCUT2D eigenvalue weighted by atomic mass is 10.2. The minimum atomic E-state index is -4.17. The van der Waals surface area contributed by atoms with Crippen molar-refractivity contribution in [3.63, 3.8) is 0 Å². The number of hydrogen-bond donors (Lipinski definition) is 2. The molecule has 2 N–H and O–H groups in total. The van der Waals surface area contributed by atoms with Gasteiger partial charge in [0.05, 0.1) is 6.54 Å². The van der Waals surface area contributed by atoms with E-state index in [0.717, 1.165) is 5.56 Å². The maximum atomic E-state index is 12.8. The molecule has 24 heavy (non-hydrogen) atoms. The molecule has 1 aliphatic rings. The Labute approximate surface area is 155 Å². The highest BCUT2D eigenvalue weighted by atomic mass is 127. The van der Waals surface area contributed by atoms with Crippen molar-refractivity contribution in [3.05, 3.63) is 35.6 Å². The zero-order valence-corrected chi connectivity index (χ0v) is 15.6. The van der Waals surface area contributed by atoms with Crippen LogP contribution in [0.1, 0.15) is 12.0 Å². The molecule has 1 aromatic carbocycles. The molecule has 4 nitrogen and oxygen atoms in total. The molecule has 1 atom stereocenters. The van der Waals surface area contributed by atoms with Gasteiger partial charge in [0, 0.05) is 32.7 Å². The van der Waals surface area contributed by atoms with Crippen LogP contribution in [0.4, 0.5) is 17.6 Å². The summed E-state index contributed by atoms with van der Waals surface area (Å²) in [6.07, 6.45) is -3.54. The standard InChI is InChI=1S/C15H20F4N4.HI/c1-20-14(21-8-11-2-4-12(16)5-3-11)22-13-6-7-23(9-13)10-15(17,18)19;/h2-5,13H,6-10H2,1H3,(H2,20,21,22);1H. The molecule has 2 rings (SSSR count). The molecular formula is C15H21F4IN4. The summed E-state index contributed by atoms with van der Waals surface area (Å²) in [4.78, 5) is 5.44. The average Bonchev–Trinajstić information content (AvgIpc) is 2.90. The molecule has 1 aliphatic heterocycles. The summed E-state index contributed by atoms with van der Waals surface area (Å²) in [5.41, 5.74) is 0.888. The van der Waals surface area contributed by atoms with E-state index in [9.17, 15) is 17.6 Å². The monoisotopic (exact) mass is 460 g/mol. The lowest BCUT2D eigenvalue weighted by Crippen LogP contribution is -2.44. The van der Waals surface area contributed by atoms with Gasteiger partial charge in [-0.15, -0.1) is 24.0 Å². The van der Waals surface area contributed by atoms with Crippen LogP contribution >= 0.6 is 24.0 Å². The highest BCUT2D eigenvalue weighted by Gasteiger charge is 2.34. The fraction of sp³-hybridized carbons (Fsp3) is 0.533. The number of hydrogen-bond acceptors (Lipinski definition) is 2. The van der Waals surface area contributed by atoms with Crippen molar-refractivity contribution in [1.82, 2.24) is 15.5 Å². The number of guanidine groups is 1. The predicted molar refractivity (Wildman–Crippen MR) is 96.0 cm³/mol. The van der Waals surface area contributed by atoms with Crippen LogP contribution in [0.5, 0.6) is 0 Å². The van der Waals surface area contributed by atoms with E-state index in [1.165, 1.54) is 17.0 Å². The molecule has 1 unspecified atom stereocenters. The lowest BCUT2D eigenvalue weighted by molar-refractivity contribution is -0.143. The summed E-state index contributed by atoms with van der Waals surface area (Å²) < 4.78 is 50.0.